The van der Waals surface area contributed by atoms with E-state index < -0.39 is 5.23 Å². The molecule has 0 spiro atoms. The number of rotatable bonds is 1. The Balaban J connectivity index is 2.54. The lowest BCUT2D eigenvalue weighted by Gasteiger charge is -2.06. The van der Waals surface area contributed by atoms with Crippen molar-refractivity contribution in [2.24, 2.45) is 0 Å². The van der Waals surface area contributed by atoms with Crippen LogP contribution in [0.15, 0.2) is 0 Å². The van der Waals surface area contributed by atoms with E-state index in [1.807, 2.05) is 0 Å². The highest BCUT2D eigenvalue weighted by Gasteiger charge is 1.71. The zero-order valence-corrected chi connectivity index (χ0v) is 3.06. The van der Waals surface area contributed by atoms with Crippen LogP contribution in [0.25, 0.3) is 0 Å². The summed E-state index contributed by atoms with van der Waals surface area (Å²) in [5.41, 5.74) is 0. The minimum absolute atomic E-state index is 0.222. The summed E-state index contributed by atoms with van der Waals surface area (Å²) in [5.74, 6) is 0. The standard InChI is InChI=1S/C2H7NO2/c1-2-3(4)5/h3-4H,2H2,1H3. The van der Waals surface area contributed by atoms with E-state index in [4.69, 9.17) is 5.21 Å². The van der Waals surface area contributed by atoms with E-state index in [9.17, 15) is 5.21 Å². The zero-order chi connectivity index (χ0) is 4.28. The lowest BCUT2D eigenvalue weighted by Crippen LogP contribution is -3.04. The molecule has 0 aromatic heterocycles. The molecule has 0 aliphatic carbocycles. The van der Waals surface area contributed by atoms with Crippen molar-refractivity contribution >= 4 is 0 Å². The second-order valence-electron chi connectivity index (χ2n) is 0.747. The molecule has 3 heteroatoms. The molecule has 0 saturated heterocycles. The molecule has 0 aliphatic heterocycles. The minimum Gasteiger partial charge on any atom is -0.600 e. The van der Waals surface area contributed by atoms with Gasteiger partial charge in [-0.25, -0.2) is 10.4 Å². The second-order valence-corrected chi connectivity index (χ2v) is 0.747. The first-order valence-corrected chi connectivity index (χ1v) is 1.49. The summed E-state index contributed by atoms with van der Waals surface area (Å²) in [7, 11) is 0. The number of hydrogen-bond acceptors (Lipinski definition) is 2. The quantitative estimate of drug-likeness (QED) is 0.385. The van der Waals surface area contributed by atoms with Crippen LogP contribution in [0.2, 0.25) is 0 Å². The molecule has 5 heavy (non-hydrogen) atoms. The van der Waals surface area contributed by atoms with Gasteiger partial charge in [-0.15, -0.1) is 0 Å². The van der Waals surface area contributed by atoms with Gasteiger partial charge in [-0.05, 0) is 6.92 Å². The Morgan fingerprint density at radius 3 is 2.20 bits per heavy atom. The summed E-state index contributed by atoms with van der Waals surface area (Å²) in [4.78, 5) is 0. The Labute approximate surface area is 30.4 Å². The molecule has 0 rings (SSSR count). The van der Waals surface area contributed by atoms with Crippen molar-refractivity contribution in [3.05, 3.63) is 5.21 Å². The first-order valence-electron chi connectivity index (χ1n) is 1.49. The number of hydrogen-bond donors (Lipinski definition) is 2. The molecule has 0 fully saturated rings. The van der Waals surface area contributed by atoms with Crippen LogP contribution >= 0.6 is 0 Å². The highest BCUT2D eigenvalue weighted by atomic mass is 16.8. The highest BCUT2D eigenvalue weighted by molar-refractivity contribution is 3.96. The summed E-state index contributed by atoms with van der Waals surface area (Å²) >= 11 is 0. The van der Waals surface area contributed by atoms with Crippen molar-refractivity contribution in [2.75, 3.05) is 6.54 Å². The van der Waals surface area contributed by atoms with Crippen molar-refractivity contribution in [2.45, 2.75) is 6.92 Å². The SMILES string of the molecule is CC[NH+]([O-])O. The largest absolute Gasteiger partial charge is 0.600 e. The normalized spacial score (nSPS) is 15.0. The first-order chi connectivity index (χ1) is 2.27. The van der Waals surface area contributed by atoms with E-state index in [1.165, 1.54) is 0 Å². The minimum atomic E-state index is -0.745. The zero-order valence-electron chi connectivity index (χ0n) is 3.06. The molecule has 2 N–H and O–H groups in total. The van der Waals surface area contributed by atoms with Gasteiger partial charge in [-0.1, -0.05) is 0 Å². The van der Waals surface area contributed by atoms with E-state index in [-0.39, 0.29) is 6.54 Å². The Morgan fingerprint density at radius 1 is 2.00 bits per heavy atom. The summed E-state index contributed by atoms with van der Waals surface area (Å²) in [6, 6.07) is 0. The molecule has 3 nitrogen and oxygen atoms in total. The van der Waals surface area contributed by atoms with E-state index in [0.717, 1.165) is 0 Å². The summed E-state index contributed by atoms with van der Waals surface area (Å²) in [6.45, 7) is 1.82. The molecule has 0 radical (unpaired) electrons. The van der Waals surface area contributed by atoms with Crippen LogP contribution in [-0.2, 0) is 0 Å². The average Bonchev–Trinajstić information content (AvgIpc) is 1.38. The molecule has 0 amide bonds. The van der Waals surface area contributed by atoms with Crippen LogP contribution < -0.4 is 5.23 Å². The van der Waals surface area contributed by atoms with Gasteiger partial charge in [-0.3, -0.25) is 0 Å². The van der Waals surface area contributed by atoms with Crippen molar-refractivity contribution in [3.63, 3.8) is 0 Å². The smallest absolute Gasteiger partial charge is 0.104 e. The van der Waals surface area contributed by atoms with Crippen molar-refractivity contribution < 1.29 is 10.4 Å². The van der Waals surface area contributed by atoms with Gasteiger partial charge >= 0.3 is 0 Å². The van der Waals surface area contributed by atoms with Gasteiger partial charge in [0.1, 0.15) is 6.54 Å². The van der Waals surface area contributed by atoms with Gasteiger partial charge in [0.2, 0.25) is 0 Å². The van der Waals surface area contributed by atoms with Gasteiger partial charge in [0.25, 0.3) is 0 Å². The Bertz CT molecular complexity index is 21.6. The van der Waals surface area contributed by atoms with Crippen LogP contribution in [0.4, 0.5) is 0 Å². The summed E-state index contributed by atoms with van der Waals surface area (Å²) in [6.07, 6.45) is 0. The molecule has 0 bridgehead atoms. The van der Waals surface area contributed by atoms with Gasteiger partial charge in [0, 0.05) is 0 Å². The lowest BCUT2D eigenvalue weighted by atomic mass is 10.8. The molecule has 0 aliphatic rings. The molecule has 32 valence electrons. The van der Waals surface area contributed by atoms with E-state index in [1.54, 1.807) is 6.92 Å². The molecule has 1 unspecified atom stereocenters. The molecule has 0 saturated carbocycles. The monoisotopic (exact) mass is 77.0 g/mol. The highest BCUT2D eigenvalue weighted by Crippen LogP contribution is 1.26. The van der Waals surface area contributed by atoms with Crippen molar-refractivity contribution in [1.82, 2.24) is 0 Å². The van der Waals surface area contributed by atoms with Gasteiger partial charge in [0.15, 0.2) is 0 Å². The molecule has 0 heterocycles. The lowest BCUT2D eigenvalue weighted by molar-refractivity contribution is -1.05. The maximum atomic E-state index is 9.37. The average molecular weight is 77.1 g/mol. The van der Waals surface area contributed by atoms with E-state index in [2.05, 4.69) is 0 Å². The van der Waals surface area contributed by atoms with Gasteiger partial charge in [0.05, 0.1) is 0 Å². The van der Waals surface area contributed by atoms with Crippen LogP contribution in [-0.4, -0.2) is 11.8 Å². The Kier molecular flexibility index (Phi) is 2.09. The topological polar surface area (TPSA) is 47.7 Å². The van der Waals surface area contributed by atoms with Crippen LogP contribution in [0.1, 0.15) is 6.92 Å². The molecule has 1 atom stereocenters. The third-order valence-electron chi connectivity index (χ3n) is 0.302. The van der Waals surface area contributed by atoms with E-state index >= 15 is 0 Å². The predicted octanol–water partition coefficient (Wildman–Crippen LogP) is -1.22. The van der Waals surface area contributed by atoms with Gasteiger partial charge < -0.3 is 5.21 Å². The maximum absolute atomic E-state index is 9.37. The number of hydroxylamine groups is 2. The molecule has 0 aromatic carbocycles. The predicted molar refractivity (Wildman–Crippen MR) is 16.7 cm³/mol. The van der Waals surface area contributed by atoms with Crippen molar-refractivity contribution in [3.8, 4) is 0 Å². The fourth-order valence-electron chi connectivity index (χ4n) is 0. The van der Waals surface area contributed by atoms with E-state index in [0.29, 0.717) is 0 Å². The Hall–Kier alpha value is -0.120. The maximum Gasteiger partial charge on any atom is 0.104 e. The first kappa shape index (κ1) is 4.88. The molecule has 0 aromatic rings. The van der Waals surface area contributed by atoms with Crippen LogP contribution in [0.5, 0.6) is 0 Å². The third kappa shape index (κ3) is 3.88. The van der Waals surface area contributed by atoms with Crippen molar-refractivity contribution in [1.29, 1.82) is 0 Å². The number of nitrogens with one attached hydrogen (secondary N) is 1. The number of quaternary nitrogens is 1. The third-order valence-corrected chi connectivity index (χ3v) is 0.302. The van der Waals surface area contributed by atoms with Gasteiger partial charge in [-0.2, -0.15) is 0 Å². The summed E-state index contributed by atoms with van der Waals surface area (Å²) in [5, 5.41) is 16.3. The fraction of sp³-hybridized carbons (Fsp3) is 1.00. The van der Waals surface area contributed by atoms with Crippen LogP contribution in [0.3, 0.4) is 0 Å². The fourth-order valence-corrected chi connectivity index (χ4v) is 0. The van der Waals surface area contributed by atoms with Crippen LogP contribution in [0, 0.1) is 5.21 Å². The molecular weight excluding hydrogens is 70.0 g/mol. The second kappa shape index (κ2) is 2.14. The molecular formula is C2H7NO2. The Morgan fingerprint density at radius 2 is 2.20 bits per heavy atom. The summed E-state index contributed by atoms with van der Waals surface area (Å²) < 4.78 is 0.